The van der Waals surface area contributed by atoms with Crippen molar-refractivity contribution in [1.29, 1.82) is 0 Å². The summed E-state index contributed by atoms with van der Waals surface area (Å²) in [5, 5.41) is 3.83. The van der Waals surface area contributed by atoms with Gasteiger partial charge in [-0.1, -0.05) is 6.92 Å². The molecule has 70 valence electrons. The second-order valence-electron chi connectivity index (χ2n) is 2.92. The third kappa shape index (κ3) is 2.30. The van der Waals surface area contributed by atoms with Gasteiger partial charge in [0.05, 0.1) is 0 Å². The Morgan fingerprint density at radius 3 is 2.92 bits per heavy atom. The largest absolute Gasteiger partial charge is 0.359 e. The smallest absolute Gasteiger partial charge is 0.193 e. The average Bonchev–Trinajstić information content (AvgIpc) is 2.07. The number of nitrogens with zero attached hydrogens (tertiary/aromatic N) is 2. The van der Waals surface area contributed by atoms with Crippen LogP contribution < -0.4 is 5.32 Å². The fourth-order valence-corrected chi connectivity index (χ4v) is 2.44. The molecular formula is C8H17N3S. The summed E-state index contributed by atoms with van der Waals surface area (Å²) in [5.74, 6) is 2.23. The van der Waals surface area contributed by atoms with Crippen molar-refractivity contribution in [2.75, 3.05) is 32.9 Å². The molecule has 0 aromatic heterocycles. The van der Waals surface area contributed by atoms with Gasteiger partial charge in [0.15, 0.2) is 5.96 Å². The predicted octanol–water partition coefficient (Wildman–Crippen LogP) is 0.629. The van der Waals surface area contributed by atoms with Crippen molar-refractivity contribution in [3.63, 3.8) is 0 Å². The van der Waals surface area contributed by atoms with E-state index in [1.807, 2.05) is 25.9 Å². The SMILES string of the molecule is CN=C(NC)N1CCSC(C)C1. The van der Waals surface area contributed by atoms with Gasteiger partial charge in [-0.25, -0.2) is 0 Å². The molecule has 1 rings (SSSR count). The molecule has 0 aromatic carbocycles. The number of hydrogen-bond acceptors (Lipinski definition) is 2. The van der Waals surface area contributed by atoms with Crippen LogP contribution in [0.25, 0.3) is 0 Å². The summed E-state index contributed by atoms with van der Waals surface area (Å²) in [5.41, 5.74) is 0. The van der Waals surface area contributed by atoms with Crippen LogP contribution in [0.4, 0.5) is 0 Å². The molecule has 1 heterocycles. The Hall–Kier alpha value is -0.380. The molecule has 1 fully saturated rings. The van der Waals surface area contributed by atoms with Crippen molar-refractivity contribution in [3.05, 3.63) is 0 Å². The van der Waals surface area contributed by atoms with E-state index in [1.54, 1.807) is 0 Å². The molecule has 0 radical (unpaired) electrons. The van der Waals surface area contributed by atoms with Crippen molar-refractivity contribution >= 4 is 17.7 Å². The molecule has 0 amide bonds. The molecular weight excluding hydrogens is 170 g/mol. The second kappa shape index (κ2) is 4.60. The second-order valence-corrected chi connectivity index (χ2v) is 4.47. The maximum atomic E-state index is 4.19. The zero-order valence-electron chi connectivity index (χ0n) is 8.00. The first-order chi connectivity index (χ1) is 5.77. The summed E-state index contributed by atoms with van der Waals surface area (Å²) in [6.07, 6.45) is 0. The Labute approximate surface area is 78.6 Å². The lowest BCUT2D eigenvalue weighted by Gasteiger charge is -2.32. The number of rotatable bonds is 0. The first-order valence-electron chi connectivity index (χ1n) is 4.29. The number of nitrogens with one attached hydrogen (secondary N) is 1. The highest BCUT2D eigenvalue weighted by Crippen LogP contribution is 2.17. The van der Waals surface area contributed by atoms with Gasteiger partial charge in [0.25, 0.3) is 0 Å². The standard InChI is InChI=1S/C8H17N3S/c1-7-6-11(4-5-12-7)8(9-2)10-3/h7H,4-6H2,1-3H3,(H,9,10). The van der Waals surface area contributed by atoms with Crippen LogP contribution in [-0.2, 0) is 0 Å². The van der Waals surface area contributed by atoms with Crippen LogP contribution in [0, 0.1) is 0 Å². The van der Waals surface area contributed by atoms with Gasteiger partial charge in [-0.3, -0.25) is 4.99 Å². The molecule has 1 saturated heterocycles. The summed E-state index contributed by atoms with van der Waals surface area (Å²) < 4.78 is 0. The number of hydrogen-bond donors (Lipinski definition) is 1. The van der Waals surface area contributed by atoms with Gasteiger partial charge in [-0.15, -0.1) is 0 Å². The van der Waals surface area contributed by atoms with E-state index in [0.29, 0.717) is 0 Å². The Bertz CT molecular complexity index is 170. The van der Waals surface area contributed by atoms with Crippen molar-refractivity contribution in [2.45, 2.75) is 12.2 Å². The number of guanidine groups is 1. The maximum absolute atomic E-state index is 4.19. The van der Waals surface area contributed by atoms with Crippen LogP contribution in [0.5, 0.6) is 0 Å². The molecule has 1 aliphatic heterocycles. The third-order valence-corrected chi connectivity index (χ3v) is 3.11. The molecule has 1 aliphatic rings. The van der Waals surface area contributed by atoms with Crippen molar-refractivity contribution < 1.29 is 0 Å². The molecule has 0 aromatic rings. The molecule has 12 heavy (non-hydrogen) atoms. The topological polar surface area (TPSA) is 27.6 Å². The van der Waals surface area contributed by atoms with Gasteiger partial charge in [-0.05, 0) is 0 Å². The molecule has 0 saturated carbocycles. The Balaban J connectivity index is 2.50. The van der Waals surface area contributed by atoms with E-state index in [4.69, 9.17) is 0 Å². The quantitative estimate of drug-likeness (QED) is 0.445. The minimum atomic E-state index is 0.726. The third-order valence-electron chi connectivity index (χ3n) is 1.98. The zero-order chi connectivity index (χ0) is 8.97. The normalized spacial score (nSPS) is 25.8. The van der Waals surface area contributed by atoms with Gasteiger partial charge in [0, 0.05) is 38.2 Å². The fraction of sp³-hybridized carbons (Fsp3) is 0.875. The van der Waals surface area contributed by atoms with Crippen molar-refractivity contribution in [2.24, 2.45) is 4.99 Å². The lowest BCUT2D eigenvalue weighted by atomic mass is 10.4. The maximum Gasteiger partial charge on any atom is 0.193 e. The molecule has 4 heteroatoms. The van der Waals surface area contributed by atoms with Gasteiger partial charge >= 0.3 is 0 Å². The molecule has 1 N–H and O–H groups in total. The molecule has 0 bridgehead atoms. The average molecular weight is 187 g/mol. The fourth-order valence-electron chi connectivity index (χ4n) is 1.42. The van der Waals surface area contributed by atoms with Crippen LogP contribution in [0.15, 0.2) is 4.99 Å². The predicted molar refractivity (Wildman–Crippen MR) is 55.9 cm³/mol. The summed E-state index contributed by atoms with van der Waals surface area (Å²) in [4.78, 5) is 6.49. The van der Waals surface area contributed by atoms with E-state index >= 15 is 0 Å². The Morgan fingerprint density at radius 1 is 1.67 bits per heavy atom. The highest BCUT2D eigenvalue weighted by Gasteiger charge is 2.18. The lowest BCUT2D eigenvalue weighted by Crippen LogP contribution is -2.46. The van der Waals surface area contributed by atoms with Gasteiger partial charge in [0.2, 0.25) is 0 Å². The van der Waals surface area contributed by atoms with Crippen LogP contribution in [0.2, 0.25) is 0 Å². The summed E-state index contributed by atoms with van der Waals surface area (Å²) in [7, 11) is 3.76. The Kier molecular flexibility index (Phi) is 3.72. The van der Waals surface area contributed by atoms with E-state index in [9.17, 15) is 0 Å². The van der Waals surface area contributed by atoms with Crippen LogP contribution >= 0.6 is 11.8 Å². The molecule has 1 unspecified atom stereocenters. The lowest BCUT2D eigenvalue weighted by molar-refractivity contribution is 0.422. The highest BCUT2D eigenvalue weighted by molar-refractivity contribution is 7.99. The van der Waals surface area contributed by atoms with E-state index in [-0.39, 0.29) is 0 Å². The molecule has 3 nitrogen and oxygen atoms in total. The first-order valence-corrected chi connectivity index (χ1v) is 5.34. The highest BCUT2D eigenvalue weighted by atomic mass is 32.2. The molecule has 0 aliphatic carbocycles. The zero-order valence-corrected chi connectivity index (χ0v) is 8.82. The van der Waals surface area contributed by atoms with E-state index < -0.39 is 0 Å². The minimum absolute atomic E-state index is 0.726. The summed E-state index contributed by atoms with van der Waals surface area (Å²) >= 11 is 2.04. The van der Waals surface area contributed by atoms with E-state index in [0.717, 1.165) is 24.3 Å². The van der Waals surface area contributed by atoms with Crippen molar-refractivity contribution in [1.82, 2.24) is 10.2 Å². The first kappa shape index (κ1) is 9.71. The van der Waals surface area contributed by atoms with Gasteiger partial charge in [-0.2, -0.15) is 11.8 Å². The monoisotopic (exact) mass is 187 g/mol. The van der Waals surface area contributed by atoms with Gasteiger partial charge < -0.3 is 10.2 Å². The Morgan fingerprint density at radius 2 is 2.42 bits per heavy atom. The number of thioether (sulfide) groups is 1. The minimum Gasteiger partial charge on any atom is -0.359 e. The number of aliphatic imine (C=N–C) groups is 1. The van der Waals surface area contributed by atoms with Crippen molar-refractivity contribution in [3.8, 4) is 0 Å². The van der Waals surface area contributed by atoms with Gasteiger partial charge in [0.1, 0.15) is 0 Å². The molecule has 1 atom stereocenters. The van der Waals surface area contributed by atoms with E-state index in [2.05, 4.69) is 22.1 Å². The summed E-state index contributed by atoms with van der Waals surface area (Å²) in [6, 6.07) is 0. The van der Waals surface area contributed by atoms with Crippen LogP contribution in [-0.4, -0.2) is 49.0 Å². The van der Waals surface area contributed by atoms with Crippen LogP contribution in [0.1, 0.15) is 6.92 Å². The van der Waals surface area contributed by atoms with Crippen LogP contribution in [0.3, 0.4) is 0 Å². The molecule has 0 spiro atoms. The summed E-state index contributed by atoms with van der Waals surface area (Å²) in [6.45, 7) is 4.49. The van der Waals surface area contributed by atoms with E-state index in [1.165, 1.54) is 5.75 Å².